The van der Waals surface area contributed by atoms with Crippen molar-refractivity contribution in [1.29, 1.82) is 0 Å². The van der Waals surface area contributed by atoms with Crippen LogP contribution in [-0.2, 0) is 17.3 Å². The smallest absolute Gasteiger partial charge is 0.270 e. The van der Waals surface area contributed by atoms with Crippen LogP contribution < -0.4 is 5.32 Å². The van der Waals surface area contributed by atoms with Crippen LogP contribution in [0.25, 0.3) is 0 Å². The van der Waals surface area contributed by atoms with Gasteiger partial charge in [0.25, 0.3) is 5.92 Å². The lowest BCUT2D eigenvalue weighted by molar-refractivity contribution is -0.120. The normalized spacial score (nSPS) is 11.2. The fraction of sp³-hybridized carbons (Fsp3) is 0.417. The first-order valence-corrected chi connectivity index (χ1v) is 5.18. The van der Waals surface area contributed by atoms with E-state index in [1.54, 1.807) is 25.1 Å². The third-order valence-corrected chi connectivity index (χ3v) is 2.29. The quantitative estimate of drug-likeness (QED) is 0.842. The zero-order valence-corrected chi connectivity index (χ0v) is 9.39. The van der Waals surface area contributed by atoms with E-state index in [0.717, 1.165) is 6.92 Å². The number of nitrogens with one attached hydrogen (secondary N) is 1. The summed E-state index contributed by atoms with van der Waals surface area (Å²) in [6, 6.07) is 6.23. The number of alkyl halides is 2. The molecule has 0 aliphatic rings. The Hall–Kier alpha value is -1.45. The highest BCUT2D eigenvalue weighted by Gasteiger charge is 2.26. The first-order valence-electron chi connectivity index (χ1n) is 5.18. The van der Waals surface area contributed by atoms with Crippen LogP contribution in [0.2, 0.25) is 0 Å². The Kier molecular flexibility index (Phi) is 3.99. The summed E-state index contributed by atoms with van der Waals surface area (Å²) in [6.07, 6.45) is 0.352. The summed E-state index contributed by atoms with van der Waals surface area (Å²) >= 11 is 0. The third-order valence-electron chi connectivity index (χ3n) is 2.29. The van der Waals surface area contributed by atoms with Gasteiger partial charge in [-0.15, -0.1) is 0 Å². The monoisotopic (exact) mass is 227 g/mol. The van der Waals surface area contributed by atoms with E-state index in [0.29, 0.717) is 12.0 Å². The van der Waals surface area contributed by atoms with Gasteiger partial charge in [-0.05, 0) is 5.56 Å². The van der Waals surface area contributed by atoms with E-state index in [-0.39, 0.29) is 18.0 Å². The van der Waals surface area contributed by atoms with Crippen molar-refractivity contribution in [3.05, 3.63) is 35.4 Å². The summed E-state index contributed by atoms with van der Waals surface area (Å²) in [7, 11) is 0. The van der Waals surface area contributed by atoms with Gasteiger partial charge in [-0.25, -0.2) is 8.78 Å². The predicted molar refractivity (Wildman–Crippen MR) is 58.1 cm³/mol. The molecule has 88 valence electrons. The molecule has 0 aliphatic carbocycles. The Balaban J connectivity index is 2.84. The SMILES string of the molecule is CCC(=O)NCc1ccccc1C(C)(F)F. The molecule has 2 nitrogen and oxygen atoms in total. The standard InChI is InChI=1S/C12H15F2NO/c1-3-11(16)15-8-9-6-4-5-7-10(9)12(2,13)14/h4-7H,3,8H2,1-2H3,(H,15,16). The van der Waals surface area contributed by atoms with E-state index < -0.39 is 5.92 Å². The molecule has 0 heterocycles. The van der Waals surface area contributed by atoms with Crippen LogP contribution in [0.3, 0.4) is 0 Å². The van der Waals surface area contributed by atoms with E-state index in [9.17, 15) is 13.6 Å². The molecular formula is C12H15F2NO. The lowest BCUT2D eigenvalue weighted by atomic mass is 10.0. The average Bonchev–Trinajstić information content (AvgIpc) is 2.25. The van der Waals surface area contributed by atoms with Gasteiger partial charge in [0.15, 0.2) is 0 Å². The number of carbonyl (C=O) groups is 1. The lowest BCUT2D eigenvalue weighted by Gasteiger charge is -2.15. The molecule has 4 heteroatoms. The van der Waals surface area contributed by atoms with Gasteiger partial charge in [0.1, 0.15) is 0 Å². The van der Waals surface area contributed by atoms with Crippen LogP contribution in [0.15, 0.2) is 24.3 Å². The summed E-state index contributed by atoms with van der Waals surface area (Å²) in [5, 5.41) is 2.59. The summed E-state index contributed by atoms with van der Waals surface area (Å²) in [4.78, 5) is 11.0. The summed E-state index contributed by atoms with van der Waals surface area (Å²) in [5.41, 5.74) is 0.420. The van der Waals surface area contributed by atoms with Gasteiger partial charge in [-0.2, -0.15) is 0 Å². The van der Waals surface area contributed by atoms with Gasteiger partial charge in [0.2, 0.25) is 5.91 Å². The molecule has 0 saturated heterocycles. The number of benzene rings is 1. The summed E-state index contributed by atoms with van der Waals surface area (Å²) < 4.78 is 26.4. The van der Waals surface area contributed by atoms with Crippen molar-refractivity contribution in [3.63, 3.8) is 0 Å². The number of hydrogen-bond acceptors (Lipinski definition) is 1. The number of amides is 1. The molecule has 0 aliphatic heterocycles. The second-order valence-corrected chi connectivity index (χ2v) is 3.68. The fourth-order valence-electron chi connectivity index (χ4n) is 1.42. The molecule has 0 fully saturated rings. The minimum atomic E-state index is -2.88. The lowest BCUT2D eigenvalue weighted by Crippen LogP contribution is -2.23. The molecule has 0 spiro atoms. The highest BCUT2D eigenvalue weighted by Crippen LogP contribution is 2.29. The average molecular weight is 227 g/mol. The van der Waals surface area contributed by atoms with Crippen LogP contribution in [-0.4, -0.2) is 5.91 Å². The second-order valence-electron chi connectivity index (χ2n) is 3.68. The van der Waals surface area contributed by atoms with E-state index in [1.807, 2.05) is 0 Å². The number of carbonyl (C=O) groups excluding carboxylic acids is 1. The Morgan fingerprint density at radius 2 is 2.00 bits per heavy atom. The van der Waals surface area contributed by atoms with Gasteiger partial charge in [0.05, 0.1) is 0 Å². The molecule has 1 aromatic carbocycles. The van der Waals surface area contributed by atoms with Crippen molar-refractivity contribution in [2.45, 2.75) is 32.7 Å². The molecule has 16 heavy (non-hydrogen) atoms. The molecule has 0 bridgehead atoms. The largest absolute Gasteiger partial charge is 0.352 e. The molecule has 0 unspecified atom stereocenters. The Morgan fingerprint density at radius 3 is 2.56 bits per heavy atom. The van der Waals surface area contributed by atoms with Crippen LogP contribution in [0, 0.1) is 0 Å². The number of rotatable bonds is 4. The first kappa shape index (κ1) is 12.6. The van der Waals surface area contributed by atoms with Crippen molar-refractivity contribution in [2.75, 3.05) is 0 Å². The molecule has 0 saturated carbocycles. The van der Waals surface area contributed by atoms with Crippen LogP contribution in [0.4, 0.5) is 8.78 Å². The molecule has 1 rings (SSSR count). The van der Waals surface area contributed by atoms with E-state index in [4.69, 9.17) is 0 Å². The minimum Gasteiger partial charge on any atom is -0.352 e. The van der Waals surface area contributed by atoms with Crippen molar-refractivity contribution in [2.24, 2.45) is 0 Å². The van der Waals surface area contributed by atoms with Crippen molar-refractivity contribution < 1.29 is 13.6 Å². The molecule has 0 atom stereocenters. The maximum Gasteiger partial charge on any atom is 0.270 e. The molecule has 0 radical (unpaired) electrons. The fourth-order valence-corrected chi connectivity index (χ4v) is 1.42. The molecule has 1 amide bonds. The van der Waals surface area contributed by atoms with Gasteiger partial charge in [-0.3, -0.25) is 4.79 Å². The van der Waals surface area contributed by atoms with E-state index in [2.05, 4.69) is 5.32 Å². The van der Waals surface area contributed by atoms with Crippen molar-refractivity contribution in [1.82, 2.24) is 5.32 Å². The highest BCUT2D eigenvalue weighted by molar-refractivity contribution is 5.75. The van der Waals surface area contributed by atoms with Crippen molar-refractivity contribution >= 4 is 5.91 Å². The van der Waals surface area contributed by atoms with Crippen LogP contribution in [0.1, 0.15) is 31.4 Å². The molecule has 0 aromatic heterocycles. The minimum absolute atomic E-state index is 0.0357. The van der Waals surface area contributed by atoms with E-state index in [1.165, 1.54) is 6.07 Å². The molecule has 1 aromatic rings. The Bertz CT molecular complexity index is 372. The topological polar surface area (TPSA) is 29.1 Å². The summed E-state index contributed by atoms with van der Waals surface area (Å²) in [5.74, 6) is -3.03. The summed E-state index contributed by atoms with van der Waals surface area (Å²) in [6.45, 7) is 2.72. The van der Waals surface area contributed by atoms with Gasteiger partial charge in [0, 0.05) is 25.5 Å². The van der Waals surface area contributed by atoms with Gasteiger partial charge >= 0.3 is 0 Å². The zero-order valence-electron chi connectivity index (χ0n) is 9.39. The predicted octanol–water partition coefficient (Wildman–Crippen LogP) is 2.82. The van der Waals surface area contributed by atoms with Crippen molar-refractivity contribution in [3.8, 4) is 0 Å². The Labute approximate surface area is 93.7 Å². The maximum atomic E-state index is 13.2. The second kappa shape index (κ2) is 5.05. The molecular weight excluding hydrogens is 212 g/mol. The zero-order chi connectivity index (χ0) is 12.2. The number of hydrogen-bond donors (Lipinski definition) is 1. The van der Waals surface area contributed by atoms with Crippen LogP contribution in [0.5, 0.6) is 0 Å². The molecule has 1 N–H and O–H groups in total. The van der Waals surface area contributed by atoms with E-state index >= 15 is 0 Å². The Morgan fingerprint density at radius 1 is 1.38 bits per heavy atom. The number of halogens is 2. The van der Waals surface area contributed by atoms with Gasteiger partial charge in [-0.1, -0.05) is 31.2 Å². The van der Waals surface area contributed by atoms with Gasteiger partial charge < -0.3 is 5.32 Å². The third kappa shape index (κ3) is 3.29. The van der Waals surface area contributed by atoms with Crippen LogP contribution >= 0.6 is 0 Å². The highest BCUT2D eigenvalue weighted by atomic mass is 19.3. The maximum absolute atomic E-state index is 13.2. The first-order chi connectivity index (χ1) is 7.45.